The zero-order valence-electron chi connectivity index (χ0n) is 14.8. The number of nitrogens with one attached hydrogen (secondary N) is 2. The van der Waals surface area contributed by atoms with E-state index in [1.807, 2.05) is 4.90 Å². The molecule has 1 saturated heterocycles. The van der Waals surface area contributed by atoms with E-state index in [1.54, 1.807) is 24.1 Å². The van der Waals surface area contributed by atoms with Crippen LogP contribution in [0.2, 0.25) is 5.02 Å². The highest BCUT2D eigenvalue weighted by molar-refractivity contribution is 6.30. The van der Waals surface area contributed by atoms with E-state index in [4.69, 9.17) is 11.6 Å². The van der Waals surface area contributed by atoms with Crippen LogP contribution in [0.1, 0.15) is 31.2 Å². The molecule has 2 fully saturated rings. The standard InChI is InChI=1S/C18H24ClFN4O2/c1-21-17(25)24(14-6-7-14)15-3-2-8-23(11-15)18(26)22-10-12-4-5-13(19)9-16(12)20/h4-5,9,14-15H,2-3,6-8,10-11H2,1H3,(H,21,25)(H,22,26)/t15-/m1/s1. The molecule has 1 heterocycles. The van der Waals surface area contributed by atoms with Crippen molar-refractivity contribution in [2.45, 2.75) is 44.3 Å². The molecule has 1 saturated carbocycles. The van der Waals surface area contributed by atoms with Crippen molar-refractivity contribution in [3.8, 4) is 0 Å². The molecule has 0 spiro atoms. The monoisotopic (exact) mass is 382 g/mol. The first kappa shape index (κ1) is 18.8. The lowest BCUT2D eigenvalue weighted by atomic mass is 10.0. The fraction of sp³-hybridized carbons (Fsp3) is 0.556. The zero-order chi connectivity index (χ0) is 18.7. The first-order valence-corrected chi connectivity index (χ1v) is 9.34. The number of rotatable bonds is 4. The Hall–Kier alpha value is -2.02. The molecule has 2 N–H and O–H groups in total. The van der Waals surface area contributed by atoms with Gasteiger partial charge in [0.1, 0.15) is 5.82 Å². The van der Waals surface area contributed by atoms with E-state index >= 15 is 0 Å². The maximum Gasteiger partial charge on any atom is 0.317 e. The molecule has 1 aromatic carbocycles. The second-order valence-electron chi connectivity index (χ2n) is 6.83. The van der Waals surface area contributed by atoms with Crippen molar-refractivity contribution in [1.82, 2.24) is 20.4 Å². The van der Waals surface area contributed by atoms with Crippen molar-refractivity contribution >= 4 is 23.7 Å². The lowest BCUT2D eigenvalue weighted by Gasteiger charge is -2.39. The van der Waals surface area contributed by atoms with Crippen LogP contribution in [0.25, 0.3) is 0 Å². The van der Waals surface area contributed by atoms with Gasteiger partial charge in [-0.1, -0.05) is 17.7 Å². The molecular formula is C18H24ClFN4O2. The number of hydrogen-bond acceptors (Lipinski definition) is 2. The molecule has 1 aromatic rings. The first-order valence-electron chi connectivity index (χ1n) is 8.96. The van der Waals surface area contributed by atoms with Crippen LogP contribution in [0.3, 0.4) is 0 Å². The van der Waals surface area contributed by atoms with Gasteiger partial charge >= 0.3 is 12.1 Å². The number of carbonyl (C=O) groups excluding carboxylic acids is 2. The summed E-state index contributed by atoms with van der Waals surface area (Å²) in [4.78, 5) is 28.3. The van der Waals surface area contributed by atoms with Gasteiger partial charge in [0.25, 0.3) is 0 Å². The quantitative estimate of drug-likeness (QED) is 0.840. The predicted octanol–water partition coefficient (Wildman–Crippen LogP) is 2.96. The number of amides is 4. The van der Waals surface area contributed by atoms with Gasteiger partial charge in [0.15, 0.2) is 0 Å². The van der Waals surface area contributed by atoms with Crippen LogP contribution in [0.4, 0.5) is 14.0 Å². The molecule has 0 unspecified atom stereocenters. The van der Waals surface area contributed by atoms with Gasteiger partial charge < -0.3 is 20.4 Å². The molecule has 142 valence electrons. The van der Waals surface area contributed by atoms with E-state index in [1.165, 1.54) is 6.07 Å². The number of nitrogens with zero attached hydrogens (tertiary/aromatic N) is 2. The van der Waals surface area contributed by atoms with Crippen LogP contribution < -0.4 is 10.6 Å². The summed E-state index contributed by atoms with van der Waals surface area (Å²) < 4.78 is 13.8. The lowest BCUT2D eigenvalue weighted by molar-refractivity contribution is 0.116. The minimum Gasteiger partial charge on any atom is -0.341 e. The Labute approximate surface area is 157 Å². The molecule has 8 heteroatoms. The minimum absolute atomic E-state index is 0.0224. The highest BCUT2D eigenvalue weighted by Crippen LogP contribution is 2.31. The molecular weight excluding hydrogens is 359 g/mol. The lowest BCUT2D eigenvalue weighted by Crippen LogP contribution is -2.55. The molecule has 4 amide bonds. The van der Waals surface area contributed by atoms with Crippen LogP contribution in [0, 0.1) is 5.82 Å². The van der Waals surface area contributed by atoms with Gasteiger partial charge in [-0.3, -0.25) is 0 Å². The predicted molar refractivity (Wildman–Crippen MR) is 97.6 cm³/mol. The first-order chi connectivity index (χ1) is 12.5. The Morgan fingerprint density at radius 3 is 2.73 bits per heavy atom. The SMILES string of the molecule is CNC(=O)N(C1CC1)[C@@H]1CCCN(C(=O)NCc2ccc(Cl)cc2F)C1. The Balaban J connectivity index is 1.58. The van der Waals surface area contributed by atoms with Gasteiger partial charge in [0.05, 0.1) is 6.04 Å². The van der Waals surface area contributed by atoms with E-state index < -0.39 is 5.82 Å². The second-order valence-corrected chi connectivity index (χ2v) is 7.27. The Morgan fingerprint density at radius 1 is 1.31 bits per heavy atom. The number of benzene rings is 1. The van der Waals surface area contributed by atoms with E-state index in [0.29, 0.717) is 23.7 Å². The third-order valence-corrected chi connectivity index (χ3v) is 5.15. The maximum atomic E-state index is 13.8. The number of carbonyl (C=O) groups is 2. The van der Waals surface area contributed by atoms with Gasteiger partial charge in [0, 0.05) is 43.3 Å². The number of urea groups is 2. The summed E-state index contributed by atoms with van der Waals surface area (Å²) in [5.74, 6) is -0.436. The van der Waals surface area contributed by atoms with Crippen molar-refractivity contribution in [2.75, 3.05) is 20.1 Å². The molecule has 2 aliphatic rings. The summed E-state index contributed by atoms with van der Waals surface area (Å²) >= 11 is 5.74. The maximum absolute atomic E-state index is 13.8. The molecule has 0 aromatic heterocycles. The van der Waals surface area contributed by atoms with Crippen molar-refractivity contribution in [3.05, 3.63) is 34.6 Å². The second kappa shape index (κ2) is 8.12. The van der Waals surface area contributed by atoms with Gasteiger partial charge in [0.2, 0.25) is 0 Å². The fourth-order valence-corrected chi connectivity index (χ4v) is 3.58. The third-order valence-electron chi connectivity index (χ3n) is 4.91. The minimum atomic E-state index is -0.436. The van der Waals surface area contributed by atoms with Gasteiger partial charge in [-0.25, -0.2) is 14.0 Å². The normalized spacial score (nSPS) is 19.8. The Morgan fingerprint density at radius 2 is 2.08 bits per heavy atom. The Kier molecular flexibility index (Phi) is 5.86. The largest absolute Gasteiger partial charge is 0.341 e. The van der Waals surface area contributed by atoms with Crippen LogP contribution in [0.15, 0.2) is 18.2 Å². The molecule has 3 rings (SSSR count). The molecule has 26 heavy (non-hydrogen) atoms. The van der Waals surface area contributed by atoms with E-state index in [-0.39, 0.29) is 30.7 Å². The summed E-state index contributed by atoms with van der Waals surface area (Å²) in [7, 11) is 1.63. The van der Waals surface area contributed by atoms with Crippen LogP contribution in [-0.4, -0.2) is 54.1 Å². The van der Waals surface area contributed by atoms with Crippen molar-refractivity contribution < 1.29 is 14.0 Å². The van der Waals surface area contributed by atoms with Crippen LogP contribution in [0.5, 0.6) is 0 Å². The summed E-state index contributed by atoms with van der Waals surface area (Å²) in [6.07, 6.45) is 3.77. The number of piperidine rings is 1. The molecule has 1 aliphatic carbocycles. The zero-order valence-corrected chi connectivity index (χ0v) is 15.6. The smallest absolute Gasteiger partial charge is 0.317 e. The van der Waals surface area contributed by atoms with Gasteiger partial charge in [-0.05, 0) is 37.8 Å². The van der Waals surface area contributed by atoms with Crippen LogP contribution >= 0.6 is 11.6 Å². The molecule has 1 aliphatic heterocycles. The van der Waals surface area contributed by atoms with Gasteiger partial charge in [-0.15, -0.1) is 0 Å². The van der Waals surface area contributed by atoms with Crippen molar-refractivity contribution in [1.29, 1.82) is 0 Å². The number of halogens is 2. The summed E-state index contributed by atoms with van der Waals surface area (Å²) in [5.41, 5.74) is 0.390. The fourth-order valence-electron chi connectivity index (χ4n) is 3.43. The average Bonchev–Trinajstić information content (AvgIpc) is 3.46. The Bertz CT molecular complexity index is 683. The van der Waals surface area contributed by atoms with Crippen molar-refractivity contribution in [3.63, 3.8) is 0 Å². The molecule has 6 nitrogen and oxygen atoms in total. The number of hydrogen-bond donors (Lipinski definition) is 2. The average molecular weight is 383 g/mol. The molecule has 0 bridgehead atoms. The number of likely N-dealkylation sites (tertiary alicyclic amines) is 1. The topological polar surface area (TPSA) is 64.7 Å². The highest BCUT2D eigenvalue weighted by Gasteiger charge is 2.39. The van der Waals surface area contributed by atoms with E-state index in [2.05, 4.69) is 10.6 Å². The van der Waals surface area contributed by atoms with E-state index in [9.17, 15) is 14.0 Å². The van der Waals surface area contributed by atoms with Crippen molar-refractivity contribution in [2.24, 2.45) is 0 Å². The van der Waals surface area contributed by atoms with E-state index in [0.717, 1.165) is 25.7 Å². The van der Waals surface area contributed by atoms with Crippen LogP contribution in [-0.2, 0) is 6.54 Å². The highest BCUT2D eigenvalue weighted by atomic mass is 35.5. The summed E-state index contributed by atoms with van der Waals surface area (Å²) in [5, 5.41) is 5.79. The summed E-state index contributed by atoms with van der Waals surface area (Å²) in [6.45, 7) is 1.24. The summed E-state index contributed by atoms with van der Waals surface area (Å²) in [6, 6.07) is 4.38. The third kappa shape index (κ3) is 4.38. The van der Waals surface area contributed by atoms with Gasteiger partial charge in [-0.2, -0.15) is 0 Å². The molecule has 1 atom stereocenters. The molecule has 0 radical (unpaired) electrons.